The van der Waals surface area contributed by atoms with E-state index in [1.54, 1.807) is 0 Å². The van der Waals surface area contributed by atoms with Gasteiger partial charge in [0.2, 0.25) is 0 Å². The molecule has 0 aliphatic heterocycles. The van der Waals surface area contributed by atoms with Gasteiger partial charge in [-0.1, -0.05) is 13.0 Å². The number of hydrogen-bond acceptors (Lipinski definition) is 3. The Balaban J connectivity index is 2.17. The van der Waals surface area contributed by atoms with Crippen LogP contribution in [-0.2, 0) is 6.42 Å². The molecule has 1 heterocycles. The average molecular weight is 268 g/mol. The Bertz CT molecular complexity index is 297. The van der Waals surface area contributed by atoms with E-state index in [1.807, 2.05) is 11.3 Å². The normalized spacial score (nSPS) is 14.9. The summed E-state index contributed by atoms with van der Waals surface area (Å²) in [7, 11) is 2.24. The molecule has 2 nitrogen and oxygen atoms in total. The molecule has 0 radical (unpaired) electrons. The van der Waals surface area contributed by atoms with Crippen LogP contribution < -0.4 is 5.73 Å². The van der Waals surface area contributed by atoms with Crippen molar-refractivity contribution in [2.24, 2.45) is 11.7 Å². The molecule has 3 heteroatoms. The van der Waals surface area contributed by atoms with E-state index in [0.717, 1.165) is 18.9 Å². The van der Waals surface area contributed by atoms with Crippen molar-refractivity contribution in [1.29, 1.82) is 0 Å². The summed E-state index contributed by atoms with van der Waals surface area (Å²) in [5.74, 6) is 0.774. The summed E-state index contributed by atoms with van der Waals surface area (Å²) in [6.07, 6.45) is 4.92. The van der Waals surface area contributed by atoms with Gasteiger partial charge in [0, 0.05) is 10.9 Å². The van der Waals surface area contributed by atoms with Gasteiger partial charge in [0.1, 0.15) is 0 Å². The number of likely N-dealkylation sites (N-methyl/N-ethyl adjacent to an activating group) is 1. The molecule has 1 aromatic heterocycles. The standard InChI is InChI=1S/C15H28N2S/c1-13(8-9-16)6-4-10-17(3)14(2)12-15-7-5-11-18-15/h5,7,11,13-14H,4,6,8-10,12,16H2,1-3H3. The Labute approximate surface area is 116 Å². The maximum atomic E-state index is 5.58. The number of nitrogens with two attached hydrogens (primary N) is 1. The molecule has 0 aliphatic rings. The lowest BCUT2D eigenvalue weighted by Gasteiger charge is -2.24. The molecule has 0 saturated carbocycles. The van der Waals surface area contributed by atoms with Crippen LogP contribution in [0.2, 0.25) is 0 Å². The van der Waals surface area contributed by atoms with Crippen LogP contribution in [0.1, 0.15) is 38.0 Å². The molecule has 2 unspecified atom stereocenters. The van der Waals surface area contributed by atoms with E-state index >= 15 is 0 Å². The van der Waals surface area contributed by atoms with Crippen molar-refractivity contribution >= 4 is 11.3 Å². The highest BCUT2D eigenvalue weighted by Gasteiger charge is 2.10. The minimum Gasteiger partial charge on any atom is -0.330 e. The number of rotatable bonds is 9. The lowest BCUT2D eigenvalue weighted by Crippen LogP contribution is -2.31. The van der Waals surface area contributed by atoms with Crippen LogP contribution in [0.3, 0.4) is 0 Å². The molecule has 2 atom stereocenters. The number of hydrogen-bond donors (Lipinski definition) is 1. The highest BCUT2D eigenvalue weighted by molar-refractivity contribution is 7.09. The first-order chi connectivity index (χ1) is 8.63. The molecule has 2 N–H and O–H groups in total. The van der Waals surface area contributed by atoms with Crippen molar-refractivity contribution in [3.8, 4) is 0 Å². The Hall–Kier alpha value is -0.380. The fourth-order valence-electron chi connectivity index (χ4n) is 2.21. The molecular formula is C15H28N2S. The highest BCUT2D eigenvalue weighted by atomic mass is 32.1. The molecular weight excluding hydrogens is 240 g/mol. The third-order valence-electron chi connectivity index (χ3n) is 3.70. The molecule has 0 spiro atoms. The maximum absolute atomic E-state index is 5.58. The zero-order chi connectivity index (χ0) is 13.4. The summed E-state index contributed by atoms with van der Waals surface area (Å²) < 4.78 is 0. The summed E-state index contributed by atoms with van der Waals surface area (Å²) in [6.45, 7) is 6.65. The second-order valence-corrected chi connectivity index (χ2v) is 6.47. The Morgan fingerprint density at radius 2 is 2.11 bits per heavy atom. The zero-order valence-corrected chi connectivity index (χ0v) is 12.9. The van der Waals surface area contributed by atoms with Crippen molar-refractivity contribution < 1.29 is 0 Å². The lowest BCUT2D eigenvalue weighted by atomic mass is 10.0. The van der Waals surface area contributed by atoms with Crippen LogP contribution in [0.5, 0.6) is 0 Å². The predicted molar refractivity (Wildman–Crippen MR) is 82.2 cm³/mol. The number of thiophene rings is 1. The van der Waals surface area contributed by atoms with E-state index in [4.69, 9.17) is 5.73 Å². The minimum absolute atomic E-state index is 0.633. The molecule has 0 aromatic carbocycles. The SMILES string of the molecule is CC(CCN)CCCN(C)C(C)Cc1cccs1. The van der Waals surface area contributed by atoms with E-state index in [9.17, 15) is 0 Å². The predicted octanol–water partition coefficient (Wildman–Crippen LogP) is 3.38. The van der Waals surface area contributed by atoms with Gasteiger partial charge in [-0.2, -0.15) is 0 Å². The maximum Gasteiger partial charge on any atom is 0.0112 e. The van der Waals surface area contributed by atoms with Crippen molar-refractivity contribution in [3.05, 3.63) is 22.4 Å². The van der Waals surface area contributed by atoms with Gasteiger partial charge in [-0.15, -0.1) is 11.3 Å². The summed E-state index contributed by atoms with van der Waals surface area (Å²) in [4.78, 5) is 3.97. The third kappa shape index (κ3) is 5.98. The summed E-state index contributed by atoms with van der Waals surface area (Å²) in [5, 5.41) is 2.16. The molecule has 0 bridgehead atoms. The Morgan fingerprint density at radius 1 is 1.33 bits per heavy atom. The second kappa shape index (κ2) is 8.68. The highest BCUT2D eigenvalue weighted by Crippen LogP contribution is 2.15. The average Bonchev–Trinajstić information content (AvgIpc) is 2.82. The fourth-order valence-corrected chi connectivity index (χ4v) is 3.04. The van der Waals surface area contributed by atoms with E-state index in [-0.39, 0.29) is 0 Å². The van der Waals surface area contributed by atoms with Crippen LogP contribution >= 0.6 is 11.3 Å². The van der Waals surface area contributed by atoms with Gasteiger partial charge in [-0.3, -0.25) is 0 Å². The zero-order valence-electron chi connectivity index (χ0n) is 12.1. The summed E-state index contributed by atoms with van der Waals surface area (Å²) in [5.41, 5.74) is 5.58. The van der Waals surface area contributed by atoms with Crippen LogP contribution in [0.4, 0.5) is 0 Å². The van der Waals surface area contributed by atoms with E-state index < -0.39 is 0 Å². The first-order valence-corrected chi connectivity index (χ1v) is 7.94. The first-order valence-electron chi connectivity index (χ1n) is 7.06. The topological polar surface area (TPSA) is 29.3 Å². The van der Waals surface area contributed by atoms with Gasteiger partial charge >= 0.3 is 0 Å². The van der Waals surface area contributed by atoms with Gasteiger partial charge in [0.15, 0.2) is 0 Å². The van der Waals surface area contributed by atoms with Crippen molar-refractivity contribution in [2.45, 2.75) is 45.6 Å². The summed E-state index contributed by atoms with van der Waals surface area (Å²) >= 11 is 1.86. The Kier molecular flexibility index (Phi) is 7.56. The van der Waals surface area contributed by atoms with Gasteiger partial charge in [0.05, 0.1) is 0 Å². The fraction of sp³-hybridized carbons (Fsp3) is 0.733. The third-order valence-corrected chi connectivity index (χ3v) is 4.60. The van der Waals surface area contributed by atoms with Gasteiger partial charge in [0.25, 0.3) is 0 Å². The molecule has 1 aromatic rings. The van der Waals surface area contributed by atoms with E-state index in [1.165, 1.54) is 30.7 Å². The second-order valence-electron chi connectivity index (χ2n) is 5.44. The largest absolute Gasteiger partial charge is 0.330 e. The molecule has 0 saturated heterocycles. The Morgan fingerprint density at radius 3 is 2.72 bits per heavy atom. The molecule has 0 fully saturated rings. The monoisotopic (exact) mass is 268 g/mol. The first kappa shape index (κ1) is 15.7. The van der Waals surface area contributed by atoms with Crippen molar-refractivity contribution in [2.75, 3.05) is 20.1 Å². The van der Waals surface area contributed by atoms with Crippen LogP contribution in [-0.4, -0.2) is 31.1 Å². The quantitative estimate of drug-likeness (QED) is 0.744. The van der Waals surface area contributed by atoms with Gasteiger partial charge in [-0.25, -0.2) is 0 Å². The van der Waals surface area contributed by atoms with Crippen LogP contribution in [0.15, 0.2) is 17.5 Å². The van der Waals surface area contributed by atoms with Crippen LogP contribution in [0.25, 0.3) is 0 Å². The van der Waals surface area contributed by atoms with E-state index in [0.29, 0.717) is 6.04 Å². The van der Waals surface area contributed by atoms with Gasteiger partial charge < -0.3 is 10.6 Å². The molecule has 1 rings (SSSR count). The minimum atomic E-state index is 0.633. The molecule has 0 aliphatic carbocycles. The van der Waals surface area contributed by atoms with Crippen molar-refractivity contribution in [3.63, 3.8) is 0 Å². The van der Waals surface area contributed by atoms with Crippen LogP contribution in [0, 0.1) is 5.92 Å². The smallest absolute Gasteiger partial charge is 0.0112 e. The molecule has 0 amide bonds. The van der Waals surface area contributed by atoms with Crippen molar-refractivity contribution in [1.82, 2.24) is 4.90 Å². The molecule has 104 valence electrons. The van der Waals surface area contributed by atoms with Gasteiger partial charge in [-0.05, 0) is 70.1 Å². The number of nitrogens with zero attached hydrogens (tertiary/aromatic N) is 1. The summed E-state index contributed by atoms with van der Waals surface area (Å²) in [6, 6.07) is 5.01. The molecule has 18 heavy (non-hydrogen) atoms. The lowest BCUT2D eigenvalue weighted by molar-refractivity contribution is 0.246. The van der Waals surface area contributed by atoms with E-state index in [2.05, 4.69) is 43.3 Å².